The molecule has 5 nitrogen and oxygen atoms in total. The Labute approximate surface area is 146 Å². The lowest BCUT2D eigenvalue weighted by Gasteiger charge is -2.34. The third kappa shape index (κ3) is 2.99. The summed E-state index contributed by atoms with van der Waals surface area (Å²) in [4.78, 5) is 24.6. The van der Waals surface area contributed by atoms with Gasteiger partial charge in [0.25, 0.3) is 5.91 Å². The summed E-state index contributed by atoms with van der Waals surface area (Å²) in [5, 5.41) is 1.14. The molecule has 2 aromatic rings. The summed E-state index contributed by atoms with van der Waals surface area (Å²) in [6.07, 6.45) is 10.3. The van der Waals surface area contributed by atoms with Gasteiger partial charge in [-0.1, -0.05) is 13.8 Å². The highest BCUT2D eigenvalue weighted by atomic mass is 32.1. The fraction of sp³-hybridized carbons (Fsp3) is 0.611. The second kappa shape index (κ2) is 6.31. The zero-order valence-corrected chi connectivity index (χ0v) is 15.1. The Morgan fingerprint density at radius 3 is 2.88 bits per heavy atom. The quantitative estimate of drug-likeness (QED) is 0.847. The van der Waals surface area contributed by atoms with E-state index in [2.05, 4.69) is 34.6 Å². The van der Waals surface area contributed by atoms with Crippen molar-refractivity contribution in [3.63, 3.8) is 0 Å². The van der Waals surface area contributed by atoms with Gasteiger partial charge in [-0.25, -0.2) is 9.97 Å². The van der Waals surface area contributed by atoms with Gasteiger partial charge in [0.05, 0.1) is 17.2 Å². The molecule has 1 aliphatic heterocycles. The SMILES string of the molecule is CC(C)c1nccn1C1CCCN(C(=O)c2cnc(C3CC3)s2)C1. The molecule has 0 N–H and O–H groups in total. The van der Waals surface area contributed by atoms with Gasteiger partial charge in [0.15, 0.2) is 0 Å². The Kier molecular flexibility index (Phi) is 4.16. The summed E-state index contributed by atoms with van der Waals surface area (Å²) < 4.78 is 2.27. The van der Waals surface area contributed by atoms with E-state index in [4.69, 9.17) is 0 Å². The molecule has 0 spiro atoms. The minimum Gasteiger partial charge on any atom is -0.336 e. The lowest BCUT2D eigenvalue weighted by atomic mass is 10.0. The van der Waals surface area contributed by atoms with Crippen molar-refractivity contribution in [2.75, 3.05) is 13.1 Å². The minimum absolute atomic E-state index is 0.148. The first-order valence-electron chi connectivity index (χ1n) is 8.91. The van der Waals surface area contributed by atoms with Gasteiger partial charge in [0.2, 0.25) is 0 Å². The van der Waals surface area contributed by atoms with Crippen LogP contribution in [0.3, 0.4) is 0 Å². The van der Waals surface area contributed by atoms with E-state index in [-0.39, 0.29) is 5.91 Å². The van der Waals surface area contributed by atoms with Crippen LogP contribution in [0.5, 0.6) is 0 Å². The summed E-state index contributed by atoms with van der Waals surface area (Å²) in [6.45, 7) is 5.95. The van der Waals surface area contributed by atoms with Crippen molar-refractivity contribution in [2.24, 2.45) is 0 Å². The number of aromatic nitrogens is 3. The molecule has 4 rings (SSSR count). The van der Waals surface area contributed by atoms with Crippen LogP contribution in [-0.4, -0.2) is 38.4 Å². The fourth-order valence-corrected chi connectivity index (χ4v) is 4.56. The van der Waals surface area contributed by atoms with E-state index in [1.807, 2.05) is 11.1 Å². The van der Waals surface area contributed by atoms with Crippen molar-refractivity contribution in [1.82, 2.24) is 19.4 Å². The van der Waals surface area contributed by atoms with E-state index in [1.165, 1.54) is 12.8 Å². The van der Waals surface area contributed by atoms with Crippen molar-refractivity contribution in [3.8, 4) is 0 Å². The predicted octanol–water partition coefficient (Wildman–Crippen LogP) is 3.82. The number of thiazole rings is 1. The first kappa shape index (κ1) is 15.8. The average molecular weight is 344 g/mol. The van der Waals surface area contributed by atoms with Crippen molar-refractivity contribution in [3.05, 3.63) is 34.3 Å². The molecular formula is C18H24N4OS. The monoisotopic (exact) mass is 344 g/mol. The third-order valence-electron chi connectivity index (χ3n) is 4.95. The van der Waals surface area contributed by atoms with Gasteiger partial charge in [0, 0.05) is 37.3 Å². The number of piperidine rings is 1. The van der Waals surface area contributed by atoms with E-state index >= 15 is 0 Å². The minimum atomic E-state index is 0.148. The largest absolute Gasteiger partial charge is 0.336 e. The number of carbonyl (C=O) groups excluding carboxylic acids is 1. The zero-order valence-electron chi connectivity index (χ0n) is 14.3. The Bertz CT molecular complexity index is 731. The van der Waals surface area contributed by atoms with Crippen molar-refractivity contribution >= 4 is 17.2 Å². The van der Waals surface area contributed by atoms with E-state index in [0.29, 0.717) is 17.9 Å². The molecule has 6 heteroatoms. The van der Waals surface area contributed by atoms with Gasteiger partial charge in [-0.2, -0.15) is 0 Å². The van der Waals surface area contributed by atoms with Crippen LogP contribution in [0.15, 0.2) is 18.6 Å². The third-order valence-corrected chi connectivity index (χ3v) is 6.10. The molecule has 24 heavy (non-hydrogen) atoms. The van der Waals surface area contributed by atoms with Gasteiger partial charge in [-0.05, 0) is 25.7 Å². The van der Waals surface area contributed by atoms with Crippen LogP contribution in [0.2, 0.25) is 0 Å². The maximum Gasteiger partial charge on any atom is 0.265 e. The molecule has 1 amide bonds. The normalized spacial score (nSPS) is 21.5. The van der Waals surface area contributed by atoms with Gasteiger partial charge < -0.3 is 9.47 Å². The molecule has 128 valence electrons. The Morgan fingerprint density at radius 2 is 2.12 bits per heavy atom. The van der Waals surface area contributed by atoms with E-state index in [1.54, 1.807) is 17.5 Å². The molecule has 1 aliphatic carbocycles. The molecule has 0 aromatic carbocycles. The molecule has 1 unspecified atom stereocenters. The highest BCUT2D eigenvalue weighted by Gasteiger charge is 2.30. The Morgan fingerprint density at radius 1 is 1.29 bits per heavy atom. The number of hydrogen-bond acceptors (Lipinski definition) is 4. The number of likely N-dealkylation sites (tertiary alicyclic amines) is 1. The first-order valence-corrected chi connectivity index (χ1v) is 9.73. The Hall–Kier alpha value is -1.69. The molecule has 2 aromatic heterocycles. The molecule has 2 fully saturated rings. The number of rotatable bonds is 4. The van der Waals surface area contributed by atoms with Crippen LogP contribution in [0.25, 0.3) is 0 Å². The van der Waals surface area contributed by atoms with E-state index in [0.717, 1.165) is 41.6 Å². The summed E-state index contributed by atoms with van der Waals surface area (Å²) in [5.41, 5.74) is 0. The summed E-state index contributed by atoms with van der Waals surface area (Å²) in [6, 6.07) is 0.332. The Balaban J connectivity index is 1.49. The maximum atomic E-state index is 12.9. The maximum absolute atomic E-state index is 12.9. The van der Waals surface area contributed by atoms with Gasteiger partial charge in [-0.3, -0.25) is 4.79 Å². The number of carbonyl (C=O) groups is 1. The molecule has 1 saturated heterocycles. The predicted molar refractivity (Wildman–Crippen MR) is 94.6 cm³/mol. The molecule has 0 radical (unpaired) electrons. The van der Waals surface area contributed by atoms with Crippen molar-refractivity contribution in [1.29, 1.82) is 0 Å². The zero-order chi connectivity index (χ0) is 16.7. The van der Waals surface area contributed by atoms with E-state index < -0.39 is 0 Å². The van der Waals surface area contributed by atoms with Crippen molar-refractivity contribution in [2.45, 2.75) is 57.4 Å². The molecule has 1 atom stereocenters. The van der Waals surface area contributed by atoms with Crippen molar-refractivity contribution < 1.29 is 4.79 Å². The van der Waals surface area contributed by atoms with Crippen LogP contribution in [-0.2, 0) is 0 Å². The lowest BCUT2D eigenvalue weighted by molar-refractivity contribution is 0.0682. The molecule has 2 aliphatic rings. The van der Waals surface area contributed by atoms with Crippen LogP contribution in [0.4, 0.5) is 0 Å². The van der Waals surface area contributed by atoms with Gasteiger partial charge >= 0.3 is 0 Å². The van der Waals surface area contributed by atoms with Crippen LogP contribution < -0.4 is 0 Å². The standard InChI is InChI=1S/C18H24N4OS/c1-12(2)16-19-7-9-22(16)14-4-3-8-21(11-14)18(23)15-10-20-17(24-15)13-5-6-13/h7,9-10,12-14H,3-6,8,11H2,1-2H3. The van der Waals surface area contributed by atoms with Gasteiger partial charge in [-0.15, -0.1) is 11.3 Å². The molecular weight excluding hydrogens is 320 g/mol. The number of amides is 1. The summed E-state index contributed by atoms with van der Waals surface area (Å²) in [7, 11) is 0. The highest BCUT2D eigenvalue weighted by molar-refractivity contribution is 7.13. The van der Waals surface area contributed by atoms with Crippen LogP contribution >= 0.6 is 11.3 Å². The smallest absolute Gasteiger partial charge is 0.265 e. The van der Waals surface area contributed by atoms with Crippen LogP contribution in [0, 0.1) is 0 Å². The van der Waals surface area contributed by atoms with Crippen LogP contribution in [0.1, 0.15) is 77.9 Å². The van der Waals surface area contributed by atoms with Gasteiger partial charge in [0.1, 0.15) is 10.7 Å². The second-order valence-corrected chi connectivity index (χ2v) is 8.29. The number of hydrogen-bond donors (Lipinski definition) is 0. The molecule has 3 heterocycles. The number of imidazole rings is 1. The summed E-state index contributed by atoms with van der Waals surface area (Å²) >= 11 is 1.59. The summed E-state index contributed by atoms with van der Waals surface area (Å²) in [5.74, 6) is 2.28. The van der Waals surface area contributed by atoms with E-state index in [9.17, 15) is 4.79 Å². The second-order valence-electron chi connectivity index (χ2n) is 7.23. The average Bonchev–Trinajstić information content (AvgIpc) is 3.13. The first-order chi connectivity index (χ1) is 11.6. The highest BCUT2D eigenvalue weighted by Crippen LogP contribution is 2.42. The molecule has 1 saturated carbocycles. The number of nitrogens with zero attached hydrogens (tertiary/aromatic N) is 4. The topological polar surface area (TPSA) is 51.0 Å². The fourth-order valence-electron chi connectivity index (χ4n) is 3.51. The molecule has 0 bridgehead atoms. The lowest BCUT2D eigenvalue weighted by Crippen LogP contribution is -2.40.